The summed E-state index contributed by atoms with van der Waals surface area (Å²) in [5, 5.41) is 3.54. The molecule has 0 radical (unpaired) electrons. The van der Waals surface area contributed by atoms with Gasteiger partial charge in [0, 0.05) is 19.0 Å². The molecule has 1 aromatic rings. The molecule has 0 saturated carbocycles. The van der Waals surface area contributed by atoms with Crippen molar-refractivity contribution in [2.24, 2.45) is 0 Å². The number of aromatic nitrogens is 1. The summed E-state index contributed by atoms with van der Waals surface area (Å²) in [6.45, 7) is 8.23. The normalized spacial score (nSPS) is 26.1. The molecule has 17 heavy (non-hydrogen) atoms. The first-order chi connectivity index (χ1) is 8.15. The minimum absolute atomic E-state index is 0.0918. The number of ether oxygens (including phenoxy) is 1. The van der Waals surface area contributed by atoms with Gasteiger partial charge in [0.2, 0.25) is 0 Å². The number of rotatable bonds is 4. The van der Waals surface area contributed by atoms with Gasteiger partial charge in [0.1, 0.15) is 0 Å². The number of nitrogens with one attached hydrogen (secondary N) is 1. The van der Waals surface area contributed by atoms with Gasteiger partial charge in [-0.3, -0.25) is 4.98 Å². The van der Waals surface area contributed by atoms with E-state index in [2.05, 4.69) is 37.1 Å². The summed E-state index contributed by atoms with van der Waals surface area (Å²) >= 11 is 0. The number of aryl methyl sites for hydroxylation is 1. The highest BCUT2D eigenvalue weighted by Crippen LogP contribution is 2.37. The Kier molecular flexibility index (Phi) is 3.79. The maximum absolute atomic E-state index is 5.96. The van der Waals surface area contributed by atoms with E-state index in [-0.39, 0.29) is 11.6 Å². The molecule has 0 amide bonds. The third kappa shape index (κ3) is 2.67. The number of hydrogen-bond donors (Lipinski definition) is 1. The molecule has 3 heteroatoms. The van der Waals surface area contributed by atoms with Crippen LogP contribution in [0.2, 0.25) is 0 Å². The minimum atomic E-state index is -0.0918. The van der Waals surface area contributed by atoms with E-state index in [4.69, 9.17) is 4.74 Å². The van der Waals surface area contributed by atoms with E-state index in [9.17, 15) is 0 Å². The van der Waals surface area contributed by atoms with Crippen LogP contribution in [0.3, 0.4) is 0 Å². The van der Waals surface area contributed by atoms with E-state index in [1.54, 1.807) is 0 Å². The topological polar surface area (TPSA) is 34.2 Å². The lowest BCUT2D eigenvalue weighted by Crippen LogP contribution is -2.41. The summed E-state index contributed by atoms with van der Waals surface area (Å²) in [5.74, 6) is 0. The second kappa shape index (κ2) is 5.15. The van der Waals surface area contributed by atoms with Gasteiger partial charge in [-0.2, -0.15) is 0 Å². The molecule has 3 nitrogen and oxygen atoms in total. The number of nitrogens with zero attached hydrogens (tertiary/aromatic N) is 1. The standard InChI is InChI=1S/C14H22N2O/c1-4-16-13(14(3)6-5-7-17-14)12-8-11(2)9-15-10-12/h8-10,13,16H,4-7H2,1-3H3. The third-order valence-corrected chi connectivity index (χ3v) is 3.50. The summed E-state index contributed by atoms with van der Waals surface area (Å²) < 4.78 is 5.96. The van der Waals surface area contributed by atoms with Crippen LogP contribution in [0.25, 0.3) is 0 Å². The van der Waals surface area contributed by atoms with Crippen molar-refractivity contribution in [1.29, 1.82) is 0 Å². The summed E-state index contributed by atoms with van der Waals surface area (Å²) in [7, 11) is 0. The van der Waals surface area contributed by atoms with E-state index < -0.39 is 0 Å². The second-order valence-electron chi connectivity index (χ2n) is 5.05. The zero-order chi connectivity index (χ0) is 12.3. The molecular formula is C14H22N2O. The van der Waals surface area contributed by atoms with Crippen molar-refractivity contribution in [3.8, 4) is 0 Å². The van der Waals surface area contributed by atoms with E-state index in [1.807, 2.05) is 12.4 Å². The zero-order valence-corrected chi connectivity index (χ0v) is 11.0. The summed E-state index contributed by atoms with van der Waals surface area (Å²) in [6, 6.07) is 2.44. The van der Waals surface area contributed by atoms with Gasteiger partial charge in [0.15, 0.2) is 0 Å². The van der Waals surface area contributed by atoms with E-state index in [1.165, 1.54) is 11.1 Å². The quantitative estimate of drug-likeness (QED) is 0.869. The molecule has 1 fully saturated rings. The Balaban J connectivity index is 2.28. The lowest BCUT2D eigenvalue weighted by Gasteiger charge is -2.34. The highest BCUT2D eigenvalue weighted by atomic mass is 16.5. The smallest absolute Gasteiger partial charge is 0.0849 e. The van der Waals surface area contributed by atoms with Crippen LogP contribution >= 0.6 is 0 Å². The number of hydrogen-bond acceptors (Lipinski definition) is 3. The fourth-order valence-electron chi connectivity index (χ4n) is 2.65. The van der Waals surface area contributed by atoms with Gasteiger partial charge >= 0.3 is 0 Å². The predicted octanol–water partition coefficient (Wildman–Crippen LogP) is 2.61. The van der Waals surface area contributed by atoms with Crippen LogP contribution < -0.4 is 5.32 Å². The van der Waals surface area contributed by atoms with Crippen LogP contribution in [0.1, 0.15) is 43.9 Å². The summed E-state index contributed by atoms with van der Waals surface area (Å²) in [4.78, 5) is 4.29. The Morgan fingerprint density at radius 2 is 2.35 bits per heavy atom. The van der Waals surface area contributed by atoms with Crippen LogP contribution in [-0.2, 0) is 4.74 Å². The highest BCUT2D eigenvalue weighted by molar-refractivity contribution is 5.23. The van der Waals surface area contributed by atoms with E-state index >= 15 is 0 Å². The van der Waals surface area contributed by atoms with E-state index in [0.717, 1.165) is 26.0 Å². The first kappa shape index (κ1) is 12.5. The molecule has 2 unspecified atom stereocenters. The largest absolute Gasteiger partial charge is 0.373 e. The molecule has 1 aromatic heterocycles. The third-order valence-electron chi connectivity index (χ3n) is 3.50. The molecule has 0 spiro atoms. The van der Waals surface area contributed by atoms with Gasteiger partial charge < -0.3 is 10.1 Å². The Hall–Kier alpha value is -0.930. The van der Waals surface area contributed by atoms with Gasteiger partial charge in [-0.25, -0.2) is 0 Å². The fourth-order valence-corrected chi connectivity index (χ4v) is 2.65. The summed E-state index contributed by atoms with van der Waals surface area (Å²) in [5.41, 5.74) is 2.34. The Bertz CT molecular complexity index is 372. The van der Waals surface area contributed by atoms with E-state index in [0.29, 0.717) is 0 Å². The van der Waals surface area contributed by atoms with Crippen LogP contribution in [0.15, 0.2) is 18.5 Å². The second-order valence-corrected chi connectivity index (χ2v) is 5.05. The molecule has 1 saturated heterocycles. The first-order valence-electron chi connectivity index (χ1n) is 6.44. The molecule has 1 aliphatic heterocycles. The first-order valence-corrected chi connectivity index (χ1v) is 6.44. The average molecular weight is 234 g/mol. The van der Waals surface area contributed by atoms with Gasteiger partial charge in [0.05, 0.1) is 11.6 Å². The molecule has 0 aliphatic carbocycles. The maximum atomic E-state index is 5.96. The van der Waals surface area contributed by atoms with Crippen molar-refractivity contribution in [2.75, 3.05) is 13.2 Å². The minimum Gasteiger partial charge on any atom is -0.373 e. The van der Waals surface area contributed by atoms with Crippen molar-refractivity contribution in [3.05, 3.63) is 29.6 Å². The SMILES string of the molecule is CCNC(c1cncc(C)c1)C1(C)CCCO1. The van der Waals surface area contributed by atoms with Gasteiger partial charge in [-0.05, 0) is 44.4 Å². The van der Waals surface area contributed by atoms with Crippen LogP contribution in [0.5, 0.6) is 0 Å². The molecule has 2 rings (SSSR count). The average Bonchev–Trinajstić information content (AvgIpc) is 2.74. The predicted molar refractivity (Wildman–Crippen MR) is 69.0 cm³/mol. The molecule has 94 valence electrons. The van der Waals surface area contributed by atoms with Crippen LogP contribution in [0, 0.1) is 6.92 Å². The fraction of sp³-hybridized carbons (Fsp3) is 0.643. The van der Waals surface area contributed by atoms with Crippen molar-refractivity contribution < 1.29 is 4.74 Å². The van der Waals surface area contributed by atoms with Crippen molar-refractivity contribution in [2.45, 2.75) is 45.3 Å². The molecular weight excluding hydrogens is 212 g/mol. The molecule has 2 atom stereocenters. The van der Waals surface area contributed by atoms with Crippen LogP contribution in [0.4, 0.5) is 0 Å². The lowest BCUT2D eigenvalue weighted by atomic mass is 9.88. The molecule has 0 bridgehead atoms. The van der Waals surface area contributed by atoms with Crippen molar-refractivity contribution in [1.82, 2.24) is 10.3 Å². The van der Waals surface area contributed by atoms with Gasteiger partial charge in [-0.1, -0.05) is 13.0 Å². The Morgan fingerprint density at radius 3 is 2.94 bits per heavy atom. The molecule has 1 N–H and O–H groups in total. The maximum Gasteiger partial charge on any atom is 0.0849 e. The monoisotopic (exact) mass is 234 g/mol. The van der Waals surface area contributed by atoms with Gasteiger partial charge in [-0.15, -0.1) is 0 Å². The molecule has 2 heterocycles. The van der Waals surface area contributed by atoms with Crippen molar-refractivity contribution >= 4 is 0 Å². The Morgan fingerprint density at radius 1 is 1.53 bits per heavy atom. The zero-order valence-electron chi connectivity index (χ0n) is 11.0. The summed E-state index contributed by atoms with van der Waals surface area (Å²) in [6.07, 6.45) is 6.11. The number of likely N-dealkylation sites (N-methyl/N-ethyl adjacent to an activating group) is 1. The van der Waals surface area contributed by atoms with Crippen LogP contribution in [-0.4, -0.2) is 23.7 Å². The highest BCUT2D eigenvalue weighted by Gasteiger charge is 2.38. The Labute approximate surface area is 104 Å². The van der Waals surface area contributed by atoms with Gasteiger partial charge in [0.25, 0.3) is 0 Å². The molecule has 0 aromatic carbocycles. The molecule has 1 aliphatic rings. The van der Waals surface area contributed by atoms with Crippen molar-refractivity contribution in [3.63, 3.8) is 0 Å². The number of pyridine rings is 1. The lowest BCUT2D eigenvalue weighted by molar-refractivity contribution is -0.0121.